The highest BCUT2D eigenvalue weighted by molar-refractivity contribution is 5.82. The van der Waals surface area contributed by atoms with Gasteiger partial charge in [0, 0.05) is 5.92 Å². The molecule has 0 aromatic heterocycles. The maximum absolute atomic E-state index is 12.1. The maximum Gasteiger partial charge on any atom is 0.307 e. The Morgan fingerprint density at radius 1 is 1.35 bits per heavy atom. The van der Waals surface area contributed by atoms with Crippen molar-refractivity contribution in [3.8, 4) is 0 Å². The largest absolute Gasteiger partial charge is 0.469 e. The zero-order chi connectivity index (χ0) is 14.7. The molecule has 1 aliphatic carbocycles. The van der Waals surface area contributed by atoms with Crippen LogP contribution in [0.1, 0.15) is 36.9 Å². The van der Waals surface area contributed by atoms with E-state index in [-0.39, 0.29) is 30.3 Å². The van der Waals surface area contributed by atoms with E-state index >= 15 is 0 Å². The van der Waals surface area contributed by atoms with Crippen molar-refractivity contribution in [3.05, 3.63) is 35.4 Å². The van der Waals surface area contributed by atoms with Crippen LogP contribution in [0.3, 0.4) is 0 Å². The van der Waals surface area contributed by atoms with E-state index in [1.165, 1.54) is 7.11 Å². The van der Waals surface area contributed by atoms with E-state index in [1.54, 1.807) is 0 Å². The summed E-state index contributed by atoms with van der Waals surface area (Å²) in [5.41, 5.74) is 2.08. The standard InChI is InChI=1S/C16H21NO3/c1-10-4-6-12(7-5-10)14(9-15(18)20-3)17-16(19)13-8-11(13)2/h4-7,11,13-14H,8-9H2,1-3H3,(H,17,19)/t11-,13-,14-/m0/s1. The number of nitrogens with one attached hydrogen (secondary N) is 1. The first-order valence-electron chi connectivity index (χ1n) is 6.95. The van der Waals surface area contributed by atoms with Crippen LogP contribution < -0.4 is 5.32 Å². The molecule has 1 aromatic rings. The Kier molecular flexibility index (Phi) is 4.42. The summed E-state index contributed by atoms with van der Waals surface area (Å²) in [7, 11) is 1.36. The van der Waals surface area contributed by atoms with E-state index in [4.69, 9.17) is 4.74 Å². The lowest BCUT2D eigenvalue weighted by atomic mass is 10.0. The number of esters is 1. The molecule has 1 N–H and O–H groups in total. The molecule has 1 fully saturated rings. The van der Waals surface area contributed by atoms with Crippen LogP contribution in [0.25, 0.3) is 0 Å². The van der Waals surface area contributed by atoms with Gasteiger partial charge in [-0.2, -0.15) is 0 Å². The third-order valence-corrected chi connectivity index (χ3v) is 3.84. The summed E-state index contributed by atoms with van der Waals surface area (Å²) in [5, 5.41) is 2.97. The van der Waals surface area contributed by atoms with Crippen molar-refractivity contribution in [2.45, 2.75) is 32.7 Å². The summed E-state index contributed by atoms with van der Waals surface area (Å²) in [5.74, 6) is 0.263. The fourth-order valence-corrected chi connectivity index (χ4v) is 2.27. The van der Waals surface area contributed by atoms with Gasteiger partial charge in [0.05, 0.1) is 19.6 Å². The van der Waals surface area contributed by atoms with E-state index in [2.05, 4.69) is 12.2 Å². The van der Waals surface area contributed by atoms with Crippen molar-refractivity contribution in [2.24, 2.45) is 11.8 Å². The van der Waals surface area contributed by atoms with Crippen molar-refractivity contribution in [3.63, 3.8) is 0 Å². The van der Waals surface area contributed by atoms with Crippen LogP contribution in [0.5, 0.6) is 0 Å². The van der Waals surface area contributed by atoms with Gasteiger partial charge in [-0.3, -0.25) is 9.59 Å². The van der Waals surface area contributed by atoms with Gasteiger partial charge in [-0.25, -0.2) is 0 Å². The van der Waals surface area contributed by atoms with Crippen LogP contribution in [0, 0.1) is 18.8 Å². The summed E-state index contributed by atoms with van der Waals surface area (Å²) in [6, 6.07) is 7.53. The Morgan fingerprint density at radius 3 is 2.45 bits per heavy atom. The molecule has 20 heavy (non-hydrogen) atoms. The highest BCUT2D eigenvalue weighted by Gasteiger charge is 2.40. The Balaban J connectivity index is 2.09. The molecule has 0 unspecified atom stereocenters. The second-order valence-corrected chi connectivity index (χ2v) is 5.57. The van der Waals surface area contributed by atoms with Crippen molar-refractivity contribution in [1.82, 2.24) is 5.32 Å². The first-order chi connectivity index (χ1) is 9.51. The minimum Gasteiger partial charge on any atom is -0.469 e. The van der Waals surface area contributed by atoms with E-state index in [0.29, 0.717) is 5.92 Å². The lowest BCUT2D eigenvalue weighted by Gasteiger charge is -2.18. The molecular weight excluding hydrogens is 254 g/mol. The molecule has 4 nitrogen and oxygen atoms in total. The second kappa shape index (κ2) is 6.07. The van der Waals surface area contributed by atoms with Gasteiger partial charge < -0.3 is 10.1 Å². The summed E-state index contributed by atoms with van der Waals surface area (Å²) >= 11 is 0. The summed E-state index contributed by atoms with van der Waals surface area (Å²) < 4.78 is 4.71. The van der Waals surface area contributed by atoms with Crippen molar-refractivity contribution < 1.29 is 14.3 Å². The molecular formula is C16H21NO3. The van der Waals surface area contributed by atoms with Crippen molar-refractivity contribution in [1.29, 1.82) is 0 Å². The quantitative estimate of drug-likeness (QED) is 0.839. The summed E-state index contributed by atoms with van der Waals surface area (Å²) in [6.07, 6.45) is 1.09. The fraction of sp³-hybridized carbons (Fsp3) is 0.500. The van der Waals surface area contributed by atoms with Gasteiger partial charge >= 0.3 is 5.97 Å². The van der Waals surface area contributed by atoms with Crippen LogP contribution in [0.4, 0.5) is 0 Å². The number of carbonyl (C=O) groups is 2. The minimum absolute atomic E-state index is 0.0342. The van der Waals surface area contributed by atoms with E-state index in [1.807, 2.05) is 31.2 Å². The predicted molar refractivity (Wildman–Crippen MR) is 76.0 cm³/mol. The van der Waals surface area contributed by atoms with Crippen LogP contribution in [0.2, 0.25) is 0 Å². The lowest BCUT2D eigenvalue weighted by molar-refractivity contribution is -0.141. The average Bonchev–Trinajstić information content (AvgIpc) is 3.16. The van der Waals surface area contributed by atoms with E-state index in [9.17, 15) is 9.59 Å². The topological polar surface area (TPSA) is 55.4 Å². The van der Waals surface area contributed by atoms with Crippen molar-refractivity contribution >= 4 is 11.9 Å². The van der Waals surface area contributed by atoms with Crippen LogP contribution in [-0.4, -0.2) is 19.0 Å². The highest BCUT2D eigenvalue weighted by atomic mass is 16.5. The molecule has 2 rings (SSSR count). The zero-order valence-electron chi connectivity index (χ0n) is 12.2. The van der Waals surface area contributed by atoms with Crippen LogP contribution in [0.15, 0.2) is 24.3 Å². The number of methoxy groups -OCH3 is 1. The molecule has 1 amide bonds. The molecule has 1 saturated carbocycles. The molecule has 1 aliphatic rings. The van der Waals surface area contributed by atoms with E-state index in [0.717, 1.165) is 17.5 Å². The van der Waals surface area contributed by atoms with Gasteiger partial charge in [-0.05, 0) is 24.8 Å². The smallest absolute Gasteiger partial charge is 0.307 e. The Morgan fingerprint density at radius 2 is 1.95 bits per heavy atom. The SMILES string of the molecule is COC(=O)C[C@H](NC(=O)[C@H]1C[C@@H]1C)c1ccc(C)cc1. The molecule has 0 radical (unpaired) electrons. The Labute approximate surface area is 119 Å². The molecule has 3 atom stereocenters. The molecule has 1 aromatic carbocycles. The third kappa shape index (κ3) is 3.59. The van der Waals surface area contributed by atoms with Crippen LogP contribution >= 0.6 is 0 Å². The number of hydrogen-bond donors (Lipinski definition) is 1. The summed E-state index contributed by atoms with van der Waals surface area (Å²) in [4.78, 5) is 23.6. The number of ether oxygens (including phenoxy) is 1. The van der Waals surface area contributed by atoms with Gasteiger partial charge in [0.15, 0.2) is 0 Å². The van der Waals surface area contributed by atoms with Crippen LogP contribution in [-0.2, 0) is 14.3 Å². The Bertz CT molecular complexity index is 495. The lowest BCUT2D eigenvalue weighted by Crippen LogP contribution is -2.31. The minimum atomic E-state index is -0.320. The fourth-order valence-electron chi connectivity index (χ4n) is 2.27. The number of carbonyl (C=O) groups excluding carboxylic acids is 2. The van der Waals surface area contributed by atoms with Crippen molar-refractivity contribution in [2.75, 3.05) is 7.11 Å². The van der Waals surface area contributed by atoms with Gasteiger partial charge in [0.25, 0.3) is 0 Å². The van der Waals surface area contributed by atoms with Gasteiger partial charge in [-0.1, -0.05) is 36.8 Å². The molecule has 4 heteroatoms. The molecule has 0 saturated heterocycles. The normalized spacial score (nSPS) is 21.9. The Hall–Kier alpha value is -1.84. The number of rotatable bonds is 5. The number of benzene rings is 1. The monoisotopic (exact) mass is 275 g/mol. The molecule has 0 aliphatic heterocycles. The second-order valence-electron chi connectivity index (χ2n) is 5.57. The first kappa shape index (κ1) is 14.6. The predicted octanol–water partition coefficient (Wildman–Crippen LogP) is 2.37. The zero-order valence-corrected chi connectivity index (χ0v) is 12.2. The maximum atomic E-state index is 12.1. The third-order valence-electron chi connectivity index (χ3n) is 3.84. The number of amides is 1. The molecule has 0 heterocycles. The molecule has 0 bridgehead atoms. The van der Waals surface area contributed by atoms with Gasteiger partial charge in [-0.15, -0.1) is 0 Å². The van der Waals surface area contributed by atoms with Gasteiger partial charge in [0.1, 0.15) is 0 Å². The molecule has 108 valence electrons. The number of aryl methyl sites for hydroxylation is 1. The average molecular weight is 275 g/mol. The first-order valence-corrected chi connectivity index (χ1v) is 6.95. The highest BCUT2D eigenvalue weighted by Crippen LogP contribution is 2.38. The summed E-state index contributed by atoms with van der Waals surface area (Å²) in [6.45, 7) is 4.06. The van der Waals surface area contributed by atoms with E-state index < -0.39 is 0 Å². The molecule has 0 spiro atoms. The van der Waals surface area contributed by atoms with Gasteiger partial charge in [0.2, 0.25) is 5.91 Å². The number of hydrogen-bond acceptors (Lipinski definition) is 3.